The molecule has 0 aliphatic heterocycles. The molecule has 0 radical (unpaired) electrons. The van der Waals surface area contributed by atoms with E-state index in [-0.39, 0.29) is 24.1 Å². The number of thiazole rings is 1. The molecule has 0 aliphatic rings. The van der Waals surface area contributed by atoms with Gasteiger partial charge in [-0.05, 0) is 24.0 Å². The average Bonchev–Trinajstić information content (AvgIpc) is 3.14. The molecule has 0 bridgehead atoms. The van der Waals surface area contributed by atoms with Crippen molar-refractivity contribution in [1.29, 1.82) is 0 Å². The molecule has 0 aliphatic carbocycles. The van der Waals surface area contributed by atoms with Gasteiger partial charge < -0.3 is 15.7 Å². The first-order valence-corrected chi connectivity index (χ1v) is 9.54. The fraction of sp³-hybridized carbons (Fsp3) is 0.368. The monoisotopic (exact) mass is 389 g/mol. The predicted molar refractivity (Wildman–Crippen MR) is 103 cm³/mol. The lowest BCUT2D eigenvalue weighted by molar-refractivity contribution is -0.126. The summed E-state index contributed by atoms with van der Waals surface area (Å²) in [6, 6.07) is 7.37. The minimum absolute atomic E-state index is 0.0157. The number of aromatic carboxylic acids is 1. The molecule has 1 aromatic heterocycles. The molecular weight excluding hydrogens is 366 g/mol. The van der Waals surface area contributed by atoms with E-state index < -0.39 is 5.97 Å². The Bertz CT molecular complexity index is 817. The maximum atomic E-state index is 11.9. The lowest BCUT2D eigenvalue weighted by atomic mass is 10.1. The molecule has 27 heavy (non-hydrogen) atoms. The molecule has 0 saturated heterocycles. The van der Waals surface area contributed by atoms with E-state index in [4.69, 9.17) is 5.11 Å². The molecule has 0 atom stereocenters. The summed E-state index contributed by atoms with van der Waals surface area (Å²) in [7, 11) is 0. The number of hydrogen-bond donors (Lipinski definition) is 3. The highest BCUT2D eigenvalue weighted by atomic mass is 32.1. The number of carbonyl (C=O) groups is 3. The fourth-order valence-electron chi connectivity index (χ4n) is 2.27. The van der Waals surface area contributed by atoms with Crippen LogP contribution in [0.15, 0.2) is 29.6 Å². The van der Waals surface area contributed by atoms with Gasteiger partial charge in [0.15, 0.2) is 5.69 Å². The van der Waals surface area contributed by atoms with Crippen molar-refractivity contribution in [1.82, 2.24) is 15.6 Å². The molecule has 1 heterocycles. The van der Waals surface area contributed by atoms with E-state index in [1.54, 1.807) is 0 Å². The largest absolute Gasteiger partial charge is 0.476 e. The van der Waals surface area contributed by atoms with Gasteiger partial charge in [-0.3, -0.25) is 9.59 Å². The van der Waals surface area contributed by atoms with Crippen LogP contribution in [0.1, 0.15) is 42.7 Å². The number of nitrogens with one attached hydrogen (secondary N) is 2. The molecule has 8 heteroatoms. The summed E-state index contributed by atoms with van der Waals surface area (Å²) in [6.45, 7) is 4.35. The second kappa shape index (κ2) is 9.82. The molecule has 144 valence electrons. The van der Waals surface area contributed by atoms with E-state index in [1.807, 2.05) is 38.1 Å². The summed E-state index contributed by atoms with van der Waals surface area (Å²) in [6.07, 6.45) is 1.21. The van der Waals surface area contributed by atoms with Gasteiger partial charge in [-0.25, -0.2) is 9.78 Å². The second-order valence-corrected chi connectivity index (χ2v) is 7.39. The van der Waals surface area contributed by atoms with E-state index in [9.17, 15) is 14.4 Å². The van der Waals surface area contributed by atoms with E-state index in [2.05, 4.69) is 15.6 Å². The molecule has 7 nitrogen and oxygen atoms in total. The van der Waals surface area contributed by atoms with Gasteiger partial charge in [0.25, 0.3) is 0 Å². The normalized spacial score (nSPS) is 10.6. The molecule has 0 spiro atoms. The zero-order chi connectivity index (χ0) is 19.8. The Kier molecular flexibility index (Phi) is 7.48. The van der Waals surface area contributed by atoms with Crippen LogP contribution in [0.3, 0.4) is 0 Å². The third-order valence-corrected chi connectivity index (χ3v) is 4.67. The highest BCUT2D eigenvalue weighted by Crippen LogP contribution is 2.24. The van der Waals surface area contributed by atoms with Crippen molar-refractivity contribution in [3.63, 3.8) is 0 Å². The summed E-state index contributed by atoms with van der Waals surface area (Å²) < 4.78 is 0. The Labute approximate surface area is 161 Å². The van der Waals surface area contributed by atoms with Gasteiger partial charge >= 0.3 is 5.97 Å². The van der Waals surface area contributed by atoms with E-state index in [0.29, 0.717) is 23.9 Å². The van der Waals surface area contributed by atoms with Crippen LogP contribution in [0.5, 0.6) is 0 Å². The Morgan fingerprint density at radius 3 is 2.63 bits per heavy atom. The molecule has 0 saturated carbocycles. The van der Waals surface area contributed by atoms with Crippen LogP contribution in [-0.4, -0.2) is 34.4 Å². The van der Waals surface area contributed by atoms with Crippen molar-refractivity contribution < 1.29 is 19.5 Å². The summed E-state index contributed by atoms with van der Waals surface area (Å²) in [5.74, 6) is -1.00. The third kappa shape index (κ3) is 6.82. The molecule has 2 amide bonds. The lowest BCUT2D eigenvalue weighted by Gasteiger charge is -2.08. The highest BCUT2D eigenvalue weighted by Gasteiger charge is 2.11. The van der Waals surface area contributed by atoms with Gasteiger partial charge in [0, 0.05) is 23.9 Å². The minimum atomic E-state index is -1.06. The number of hydrogen-bond acceptors (Lipinski definition) is 5. The summed E-state index contributed by atoms with van der Waals surface area (Å²) in [5.41, 5.74) is 1.67. The first kappa shape index (κ1) is 20.6. The second-order valence-electron chi connectivity index (χ2n) is 6.53. The van der Waals surface area contributed by atoms with Crippen LogP contribution in [-0.2, 0) is 16.1 Å². The predicted octanol–water partition coefficient (Wildman–Crippen LogP) is 2.68. The number of carboxylic acid groups (broad SMARTS) is 1. The quantitative estimate of drug-likeness (QED) is 0.611. The zero-order valence-electron chi connectivity index (χ0n) is 15.3. The van der Waals surface area contributed by atoms with Crippen molar-refractivity contribution >= 4 is 29.1 Å². The molecule has 2 rings (SSSR count). The molecule has 3 N–H and O–H groups in total. The zero-order valence-corrected chi connectivity index (χ0v) is 16.1. The van der Waals surface area contributed by atoms with Gasteiger partial charge in [-0.1, -0.05) is 32.0 Å². The molecule has 1 aromatic carbocycles. The van der Waals surface area contributed by atoms with E-state index >= 15 is 0 Å². The van der Waals surface area contributed by atoms with Gasteiger partial charge in [0.05, 0.1) is 6.54 Å². The van der Waals surface area contributed by atoms with Crippen LogP contribution in [0.25, 0.3) is 10.6 Å². The number of rotatable bonds is 9. The summed E-state index contributed by atoms with van der Waals surface area (Å²) in [5, 5.41) is 16.4. The lowest BCUT2D eigenvalue weighted by Crippen LogP contribution is -2.36. The summed E-state index contributed by atoms with van der Waals surface area (Å²) in [4.78, 5) is 38.5. The van der Waals surface area contributed by atoms with Crippen molar-refractivity contribution in [2.45, 2.75) is 33.2 Å². The Hall–Kier alpha value is -2.74. The first-order valence-electron chi connectivity index (χ1n) is 8.66. The molecule has 0 fully saturated rings. The number of carbonyl (C=O) groups excluding carboxylic acids is 2. The van der Waals surface area contributed by atoms with E-state index in [1.165, 1.54) is 16.7 Å². The van der Waals surface area contributed by atoms with Crippen molar-refractivity contribution in [2.75, 3.05) is 6.54 Å². The fourth-order valence-corrected chi connectivity index (χ4v) is 3.06. The van der Waals surface area contributed by atoms with Crippen LogP contribution in [0, 0.1) is 5.92 Å². The number of carboxylic acids is 1. The average molecular weight is 389 g/mol. The summed E-state index contributed by atoms with van der Waals surface area (Å²) >= 11 is 1.26. The van der Waals surface area contributed by atoms with Gasteiger partial charge in [0.1, 0.15) is 5.01 Å². The van der Waals surface area contributed by atoms with Crippen LogP contribution < -0.4 is 10.6 Å². The Morgan fingerprint density at radius 1 is 1.19 bits per heavy atom. The number of nitrogens with zero attached hydrogens (tertiary/aromatic N) is 1. The number of amides is 2. The van der Waals surface area contributed by atoms with Gasteiger partial charge in [0.2, 0.25) is 11.8 Å². The van der Waals surface area contributed by atoms with Crippen LogP contribution >= 0.6 is 11.3 Å². The highest BCUT2D eigenvalue weighted by molar-refractivity contribution is 7.13. The number of benzene rings is 1. The maximum absolute atomic E-state index is 11.9. The molecule has 2 aromatic rings. The topological polar surface area (TPSA) is 108 Å². The SMILES string of the molecule is CC(C)CCC(=O)NCC(=O)NCc1cccc(-c2nc(C(=O)O)cs2)c1. The Balaban J connectivity index is 1.84. The van der Waals surface area contributed by atoms with Gasteiger partial charge in [-0.15, -0.1) is 11.3 Å². The third-order valence-electron chi connectivity index (χ3n) is 3.78. The number of aromatic nitrogens is 1. The standard InChI is InChI=1S/C19H23N3O4S/c1-12(2)6-7-16(23)21-10-17(24)20-9-13-4-3-5-14(8-13)18-22-15(11-27-18)19(25)26/h3-5,8,11-12H,6-7,9-10H2,1-2H3,(H,20,24)(H,21,23)(H,25,26). The maximum Gasteiger partial charge on any atom is 0.355 e. The molecular formula is C19H23N3O4S. The molecule has 0 unspecified atom stereocenters. The first-order chi connectivity index (χ1) is 12.8. The smallest absolute Gasteiger partial charge is 0.355 e. The van der Waals surface area contributed by atoms with Crippen LogP contribution in [0.2, 0.25) is 0 Å². The Morgan fingerprint density at radius 2 is 1.96 bits per heavy atom. The van der Waals surface area contributed by atoms with E-state index in [0.717, 1.165) is 17.5 Å². The minimum Gasteiger partial charge on any atom is -0.476 e. The van der Waals surface area contributed by atoms with Crippen molar-refractivity contribution in [3.05, 3.63) is 40.9 Å². The van der Waals surface area contributed by atoms with Crippen molar-refractivity contribution in [3.8, 4) is 10.6 Å². The van der Waals surface area contributed by atoms with Gasteiger partial charge in [-0.2, -0.15) is 0 Å². The van der Waals surface area contributed by atoms with Crippen LogP contribution in [0.4, 0.5) is 0 Å². The van der Waals surface area contributed by atoms with Crippen molar-refractivity contribution in [2.24, 2.45) is 5.92 Å².